The van der Waals surface area contributed by atoms with Crippen LogP contribution in [0.15, 0.2) is 52.3 Å². The number of rotatable bonds is 8. The number of hydrogen-bond donors (Lipinski definition) is 1. The molecule has 2 aromatic rings. The Bertz CT molecular complexity index is 1180. The molecule has 0 spiro atoms. The fraction of sp³-hybridized carbons (Fsp3) is 0.273. The van der Waals surface area contributed by atoms with Gasteiger partial charge in [0.25, 0.3) is 11.1 Å². The summed E-state index contributed by atoms with van der Waals surface area (Å²) >= 11 is 0.820. The van der Waals surface area contributed by atoms with Crippen molar-refractivity contribution in [3.8, 4) is 11.5 Å². The second kappa shape index (κ2) is 9.35. The highest BCUT2D eigenvalue weighted by molar-refractivity contribution is 8.18. The third-order valence-electron chi connectivity index (χ3n) is 4.97. The number of nitrogens with one attached hydrogen (secondary N) is 1. The summed E-state index contributed by atoms with van der Waals surface area (Å²) in [6.07, 6.45) is 3.47. The minimum Gasteiger partial charge on any atom is -0.454 e. The molecule has 168 valence electrons. The third-order valence-corrected chi connectivity index (χ3v) is 7.35. The first-order valence-corrected chi connectivity index (χ1v) is 12.4. The Morgan fingerprint density at radius 1 is 1.09 bits per heavy atom. The van der Waals surface area contributed by atoms with Gasteiger partial charge in [-0.1, -0.05) is 31.5 Å². The lowest BCUT2D eigenvalue weighted by Gasteiger charge is -2.13. The molecule has 4 rings (SSSR count). The first-order valence-electron chi connectivity index (χ1n) is 10.1. The highest BCUT2D eigenvalue weighted by Gasteiger charge is 2.35. The average Bonchev–Trinajstić information content (AvgIpc) is 3.34. The number of carbonyl (C=O) groups excluding carboxylic acids is 2. The van der Waals surface area contributed by atoms with Gasteiger partial charge >= 0.3 is 0 Å². The molecule has 2 heterocycles. The Kier molecular flexibility index (Phi) is 6.54. The first kappa shape index (κ1) is 22.4. The maximum absolute atomic E-state index is 12.7. The molecule has 1 N–H and O–H groups in total. The summed E-state index contributed by atoms with van der Waals surface area (Å²) in [5, 5.41) is -0.440. The number of nitrogens with zero attached hydrogens (tertiary/aromatic N) is 1. The van der Waals surface area contributed by atoms with Crippen LogP contribution in [0.3, 0.4) is 0 Å². The van der Waals surface area contributed by atoms with Gasteiger partial charge in [0.1, 0.15) is 0 Å². The van der Waals surface area contributed by atoms with Crippen LogP contribution in [0, 0.1) is 0 Å². The van der Waals surface area contributed by atoms with Crippen molar-refractivity contribution in [2.45, 2.75) is 24.7 Å². The molecule has 2 aliphatic heterocycles. The summed E-state index contributed by atoms with van der Waals surface area (Å²) < 4.78 is 38.0. The van der Waals surface area contributed by atoms with E-state index in [9.17, 15) is 18.0 Å². The molecule has 0 aliphatic carbocycles. The average molecular weight is 475 g/mol. The van der Waals surface area contributed by atoms with Crippen LogP contribution >= 0.6 is 11.8 Å². The standard InChI is InChI=1S/C22H22N2O6S2/c1-2-3-15-4-7-17(8-5-15)32(27,28)23-10-11-24-21(25)20(31-22(24)26)13-16-6-9-18-19(12-16)30-14-29-18/h4-9,12-13,23H,2-3,10-11,14H2,1H3. The Balaban J connectivity index is 1.37. The molecule has 0 aromatic heterocycles. The maximum Gasteiger partial charge on any atom is 0.293 e. The van der Waals surface area contributed by atoms with Crippen LogP contribution in [-0.4, -0.2) is 44.3 Å². The maximum atomic E-state index is 12.7. The largest absolute Gasteiger partial charge is 0.454 e. The summed E-state index contributed by atoms with van der Waals surface area (Å²) in [6.45, 7) is 2.07. The Hall–Kier alpha value is -2.82. The van der Waals surface area contributed by atoms with E-state index in [4.69, 9.17) is 9.47 Å². The molecule has 0 radical (unpaired) electrons. The number of sulfonamides is 1. The summed E-state index contributed by atoms with van der Waals surface area (Å²) in [5.41, 5.74) is 1.77. The topological polar surface area (TPSA) is 102 Å². The number of fused-ring (bicyclic) bond motifs is 1. The number of thioether (sulfide) groups is 1. The molecule has 8 nitrogen and oxygen atoms in total. The van der Waals surface area contributed by atoms with Gasteiger partial charge in [0.05, 0.1) is 9.80 Å². The molecule has 10 heteroatoms. The number of carbonyl (C=O) groups is 2. The van der Waals surface area contributed by atoms with Crippen LogP contribution in [0.25, 0.3) is 6.08 Å². The Labute approximate surface area is 190 Å². The second-order valence-corrected chi connectivity index (χ2v) is 10.00. The van der Waals surface area contributed by atoms with Crippen LogP contribution < -0.4 is 14.2 Å². The summed E-state index contributed by atoms with van der Waals surface area (Å²) in [4.78, 5) is 26.4. The van der Waals surface area contributed by atoms with E-state index in [0.29, 0.717) is 17.1 Å². The molecular formula is C22H22N2O6S2. The van der Waals surface area contributed by atoms with Crippen molar-refractivity contribution >= 4 is 39.0 Å². The molecular weight excluding hydrogens is 452 g/mol. The van der Waals surface area contributed by atoms with Crippen molar-refractivity contribution in [2.24, 2.45) is 0 Å². The van der Waals surface area contributed by atoms with E-state index in [0.717, 1.165) is 35.1 Å². The van der Waals surface area contributed by atoms with Crippen LogP contribution in [0.1, 0.15) is 24.5 Å². The number of hydrogen-bond acceptors (Lipinski definition) is 7. The van der Waals surface area contributed by atoms with Gasteiger partial charge in [0.15, 0.2) is 11.5 Å². The molecule has 0 unspecified atom stereocenters. The zero-order chi connectivity index (χ0) is 22.7. The van der Waals surface area contributed by atoms with Gasteiger partial charge < -0.3 is 9.47 Å². The third kappa shape index (κ3) is 4.82. The summed E-state index contributed by atoms with van der Waals surface area (Å²) in [5.74, 6) is 0.749. The number of amides is 2. The fourth-order valence-corrected chi connectivity index (χ4v) is 5.23. The molecule has 1 saturated heterocycles. The predicted molar refractivity (Wildman–Crippen MR) is 121 cm³/mol. The van der Waals surface area contributed by atoms with E-state index in [1.165, 1.54) is 0 Å². The van der Waals surface area contributed by atoms with Crippen molar-refractivity contribution in [3.05, 3.63) is 58.5 Å². The number of benzene rings is 2. The van der Waals surface area contributed by atoms with Crippen molar-refractivity contribution in [1.29, 1.82) is 0 Å². The van der Waals surface area contributed by atoms with Gasteiger partial charge in [-0.15, -0.1) is 0 Å². The van der Waals surface area contributed by atoms with Crippen LogP contribution in [-0.2, 0) is 21.2 Å². The summed E-state index contributed by atoms with van der Waals surface area (Å²) in [7, 11) is -3.73. The minimum absolute atomic E-state index is 0.0592. The van der Waals surface area contributed by atoms with E-state index < -0.39 is 21.2 Å². The lowest BCUT2D eigenvalue weighted by Crippen LogP contribution is -2.37. The first-order chi connectivity index (χ1) is 15.4. The van der Waals surface area contributed by atoms with Gasteiger partial charge in [0, 0.05) is 13.1 Å². The number of aryl methyl sites for hydroxylation is 1. The van der Waals surface area contributed by atoms with Crippen LogP contribution in [0.4, 0.5) is 4.79 Å². The monoisotopic (exact) mass is 474 g/mol. The zero-order valence-electron chi connectivity index (χ0n) is 17.4. The lowest BCUT2D eigenvalue weighted by molar-refractivity contribution is -0.122. The lowest BCUT2D eigenvalue weighted by atomic mass is 10.1. The SMILES string of the molecule is CCCc1ccc(S(=O)(=O)NCCN2C(=O)SC(=Cc3ccc4c(c3)OCO4)C2=O)cc1. The molecule has 2 amide bonds. The van der Waals surface area contributed by atoms with E-state index in [1.54, 1.807) is 48.5 Å². The summed E-state index contributed by atoms with van der Waals surface area (Å²) in [6, 6.07) is 11.9. The Morgan fingerprint density at radius 3 is 2.59 bits per heavy atom. The smallest absolute Gasteiger partial charge is 0.293 e. The van der Waals surface area contributed by atoms with Gasteiger partial charge in [0.2, 0.25) is 16.8 Å². The van der Waals surface area contributed by atoms with Crippen molar-refractivity contribution in [3.63, 3.8) is 0 Å². The molecule has 2 aliphatic rings. The second-order valence-electron chi connectivity index (χ2n) is 7.24. The minimum atomic E-state index is -3.73. The molecule has 32 heavy (non-hydrogen) atoms. The van der Waals surface area contributed by atoms with Crippen molar-refractivity contribution < 1.29 is 27.5 Å². The van der Waals surface area contributed by atoms with Crippen molar-refractivity contribution in [2.75, 3.05) is 19.9 Å². The normalized spacial score (nSPS) is 16.9. The van der Waals surface area contributed by atoms with Gasteiger partial charge in [-0.3, -0.25) is 14.5 Å². The number of imide groups is 1. The molecule has 1 fully saturated rings. The molecule has 0 saturated carbocycles. The van der Waals surface area contributed by atoms with Gasteiger partial charge in [-0.25, -0.2) is 13.1 Å². The quantitative estimate of drug-likeness (QED) is 0.585. The van der Waals surface area contributed by atoms with E-state index >= 15 is 0 Å². The highest BCUT2D eigenvalue weighted by atomic mass is 32.2. The van der Waals surface area contributed by atoms with E-state index in [1.807, 2.05) is 0 Å². The van der Waals surface area contributed by atoms with E-state index in [-0.39, 0.29) is 29.7 Å². The number of ether oxygens (including phenoxy) is 2. The van der Waals surface area contributed by atoms with Crippen LogP contribution in [0.2, 0.25) is 0 Å². The molecule has 0 bridgehead atoms. The highest BCUT2D eigenvalue weighted by Crippen LogP contribution is 2.36. The fourth-order valence-electron chi connectivity index (χ4n) is 3.35. The van der Waals surface area contributed by atoms with Gasteiger partial charge in [-0.05, 0) is 59.7 Å². The zero-order valence-corrected chi connectivity index (χ0v) is 19.0. The van der Waals surface area contributed by atoms with Gasteiger partial charge in [-0.2, -0.15) is 0 Å². The predicted octanol–water partition coefficient (Wildman–Crippen LogP) is 3.38. The van der Waals surface area contributed by atoms with Crippen LogP contribution in [0.5, 0.6) is 11.5 Å². The Morgan fingerprint density at radius 2 is 1.84 bits per heavy atom. The molecule has 0 atom stereocenters. The van der Waals surface area contributed by atoms with Crippen molar-refractivity contribution in [1.82, 2.24) is 9.62 Å². The molecule has 2 aromatic carbocycles. The van der Waals surface area contributed by atoms with E-state index in [2.05, 4.69) is 11.6 Å².